The smallest absolute Gasteiger partial charge is 0.247 e. The quantitative estimate of drug-likeness (QED) is 0.602. The van der Waals surface area contributed by atoms with Gasteiger partial charge in [-0.25, -0.2) is 9.97 Å². The van der Waals surface area contributed by atoms with Crippen LogP contribution in [0.5, 0.6) is 0 Å². The van der Waals surface area contributed by atoms with E-state index < -0.39 is 0 Å². The molecule has 1 aromatic heterocycles. The lowest BCUT2D eigenvalue weighted by Gasteiger charge is -2.34. The first-order chi connectivity index (χ1) is 14.5. The maximum atomic E-state index is 11.9. The highest BCUT2D eigenvalue weighted by molar-refractivity contribution is 6.01. The van der Waals surface area contributed by atoms with Crippen molar-refractivity contribution in [1.29, 1.82) is 0 Å². The third-order valence-corrected chi connectivity index (χ3v) is 4.94. The average molecular weight is 409 g/mol. The SMILES string of the molecule is C=CC(=O)Nc1cc(CN2CCN(C(C)=O)CC2)ccc1Nc1cc(NC)ncn1. The van der Waals surface area contributed by atoms with Crippen molar-refractivity contribution in [1.82, 2.24) is 19.8 Å². The molecule has 0 radical (unpaired) electrons. The van der Waals surface area contributed by atoms with Crippen LogP contribution in [0.25, 0.3) is 0 Å². The normalized spacial score (nSPS) is 14.1. The molecule has 1 saturated heterocycles. The molecule has 2 amide bonds. The van der Waals surface area contributed by atoms with Crippen LogP contribution in [0.15, 0.2) is 43.2 Å². The first-order valence-electron chi connectivity index (χ1n) is 9.79. The van der Waals surface area contributed by atoms with E-state index in [-0.39, 0.29) is 11.8 Å². The van der Waals surface area contributed by atoms with Crippen molar-refractivity contribution >= 4 is 34.8 Å². The van der Waals surface area contributed by atoms with E-state index in [2.05, 4.69) is 37.4 Å². The summed E-state index contributed by atoms with van der Waals surface area (Å²) in [6.07, 6.45) is 2.70. The van der Waals surface area contributed by atoms with Crippen molar-refractivity contribution in [3.8, 4) is 0 Å². The molecular weight excluding hydrogens is 382 g/mol. The summed E-state index contributed by atoms with van der Waals surface area (Å²) in [5.41, 5.74) is 2.43. The number of amides is 2. The van der Waals surface area contributed by atoms with Gasteiger partial charge in [0.2, 0.25) is 11.8 Å². The second-order valence-corrected chi connectivity index (χ2v) is 7.02. The van der Waals surface area contributed by atoms with E-state index in [1.807, 2.05) is 23.1 Å². The summed E-state index contributed by atoms with van der Waals surface area (Å²) in [6.45, 7) is 8.98. The number of carbonyl (C=O) groups excluding carboxylic acids is 2. The van der Waals surface area contributed by atoms with Crippen molar-refractivity contribution in [3.63, 3.8) is 0 Å². The Hall–Kier alpha value is -3.46. The van der Waals surface area contributed by atoms with Crippen LogP contribution in [0.1, 0.15) is 12.5 Å². The summed E-state index contributed by atoms with van der Waals surface area (Å²) in [5.74, 6) is 1.12. The minimum Gasteiger partial charge on any atom is -0.373 e. The van der Waals surface area contributed by atoms with Gasteiger partial charge >= 0.3 is 0 Å². The standard InChI is InChI=1S/C21H27N7O2/c1-4-21(30)26-18-11-16(13-27-7-9-28(10-8-27)15(2)29)5-6-17(18)25-20-12-19(22-3)23-14-24-20/h4-6,11-12,14H,1,7-10,13H2,2-3H3,(H,26,30)(H2,22,23,24,25). The molecule has 1 aliphatic heterocycles. The van der Waals surface area contributed by atoms with E-state index in [0.717, 1.165) is 44.0 Å². The molecule has 2 aromatic rings. The second kappa shape index (κ2) is 9.84. The number of hydrogen-bond acceptors (Lipinski definition) is 7. The number of rotatable bonds is 7. The number of aromatic nitrogens is 2. The van der Waals surface area contributed by atoms with Crippen molar-refractivity contribution in [2.75, 3.05) is 49.2 Å². The van der Waals surface area contributed by atoms with Crippen LogP contribution < -0.4 is 16.0 Å². The number of hydrogen-bond donors (Lipinski definition) is 3. The molecule has 0 unspecified atom stereocenters. The van der Waals surface area contributed by atoms with Gasteiger partial charge in [0.05, 0.1) is 11.4 Å². The first-order valence-corrected chi connectivity index (χ1v) is 9.79. The molecule has 2 heterocycles. The summed E-state index contributed by atoms with van der Waals surface area (Å²) in [7, 11) is 1.78. The van der Waals surface area contributed by atoms with Gasteiger partial charge in [-0.05, 0) is 23.8 Å². The van der Waals surface area contributed by atoms with Gasteiger partial charge in [-0.2, -0.15) is 0 Å². The van der Waals surface area contributed by atoms with E-state index >= 15 is 0 Å². The monoisotopic (exact) mass is 409 g/mol. The highest BCUT2D eigenvalue weighted by atomic mass is 16.2. The molecule has 3 rings (SSSR count). The number of nitrogens with one attached hydrogen (secondary N) is 3. The molecule has 0 atom stereocenters. The van der Waals surface area contributed by atoms with Gasteiger partial charge in [0.25, 0.3) is 0 Å². The van der Waals surface area contributed by atoms with E-state index in [1.165, 1.54) is 12.4 Å². The van der Waals surface area contributed by atoms with Gasteiger partial charge in [-0.15, -0.1) is 0 Å². The zero-order chi connectivity index (χ0) is 21.5. The third kappa shape index (κ3) is 5.54. The molecule has 1 aromatic carbocycles. The summed E-state index contributed by atoms with van der Waals surface area (Å²) in [6, 6.07) is 7.66. The zero-order valence-electron chi connectivity index (χ0n) is 17.3. The Labute approximate surface area is 176 Å². The molecule has 158 valence electrons. The number of benzene rings is 1. The molecule has 1 aliphatic rings. The van der Waals surface area contributed by atoms with E-state index in [0.29, 0.717) is 17.3 Å². The molecule has 0 spiro atoms. The van der Waals surface area contributed by atoms with Crippen LogP contribution in [-0.2, 0) is 16.1 Å². The molecule has 1 fully saturated rings. The number of anilines is 4. The minimum atomic E-state index is -0.288. The number of carbonyl (C=O) groups is 2. The van der Waals surface area contributed by atoms with Crippen LogP contribution in [-0.4, -0.2) is 64.8 Å². The van der Waals surface area contributed by atoms with Crippen molar-refractivity contribution in [2.45, 2.75) is 13.5 Å². The topological polar surface area (TPSA) is 102 Å². The minimum absolute atomic E-state index is 0.116. The highest BCUT2D eigenvalue weighted by Gasteiger charge is 2.19. The molecule has 30 heavy (non-hydrogen) atoms. The second-order valence-electron chi connectivity index (χ2n) is 7.02. The fraction of sp³-hybridized carbons (Fsp3) is 0.333. The van der Waals surface area contributed by atoms with E-state index in [9.17, 15) is 9.59 Å². The predicted molar refractivity (Wildman–Crippen MR) is 118 cm³/mol. The van der Waals surface area contributed by atoms with E-state index in [4.69, 9.17) is 0 Å². The predicted octanol–water partition coefficient (Wildman–Crippen LogP) is 2.05. The van der Waals surface area contributed by atoms with Gasteiger partial charge in [0.1, 0.15) is 18.0 Å². The van der Waals surface area contributed by atoms with Gasteiger partial charge in [0.15, 0.2) is 0 Å². The van der Waals surface area contributed by atoms with Crippen LogP contribution >= 0.6 is 0 Å². The highest BCUT2D eigenvalue weighted by Crippen LogP contribution is 2.27. The van der Waals surface area contributed by atoms with Crippen molar-refractivity contribution in [2.24, 2.45) is 0 Å². The summed E-state index contributed by atoms with van der Waals surface area (Å²) >= 11 is 0. The molecule has 0 aliphatic carbocycles. The van der Waals surface area contributed by atoms with Crippen molar-refractivity contribution < 1.29 is 9.59 Å². The van der Waals surface area contributed by atoms with Gasteiger partial charge in [-0.3, -0.25) is 14.5 Å². The number of nitrogens with zero attached hydrogens (tertiary/aromatic N) is 4. The fourth-order valence-corrected chi connectivity index (χ4v) is 3.27. The van der Waals surface area contributed by atoms with Crippen LogP contribution in [0.4, 0.5) is 23.0 Å². The Kier molecular flexibility index (Phi) is 6.97. The lowest BCUT2D eigenvalue weighted by molar-refractivity contribution is -0.130. The summed E-state index contributed by atoms with van der Waals surface area (Å²) in [5, 5.41) is 9.06. The lowest BCUT2D eigenvalue weighted by atomic mass is 10.1. The van der Waals surface area contributed by atoms with Crippen LogP contribution in [0.3, 0.4) is 0 Å². The van der Waals surface area contributed by atoms with Gasteiger partial charge in [0, 0.05) is 52.8 Å². The zero-order valence-corrected chi connectivity index (χ0v) is 17.3. The summed E-state index contributed by atoms with van der Waals surface area (Å²) < 4.78 is 0. The van der Waals surface area contributed by atoms with Crippen LogP contribution in [0.2, 0.25) is 0 Å². The van der Waals surface area contributed by atoms with E-state index in [1.54, 1.807) is 20.0 Å². The Morgan fingerprint density at radius 3 is 2.50 bits per heavy atom. The Balaban J connectivity index is 1.76. The molecule has 9 heteroatoms. The maximum absolute atomic E-state index is 11.9. The van der Waals surface area contributed by atoms with Crippen molar-refractivity contribution in [3.05, 3.63) is 48.8 Å². The Bertz CT molecular complexity index is 923. The fourth-order valence-electron chi connectivity index (χ4n) is 3.27. The third-order valence-electron chi connectivity index (χ3n) is 4.94. The lowest BCUT2D eigenvalue weighted by Crippen LogP contribution is -2.47. The summed E-state index contributed by atoms with van der Waals surface area (Å²) in [4.78, 5) is 35.9. The largest absolute Gasteiger partial charge is 0.373 e. The number of piperazine rings is 1. The van der Waals surface area contributed by atoms with Gasteiger partial charge < -0.3 is 20.9 Å². The maximum Gasteiger partial charge on any atom is 0.247 e. The van der Waals surface area contributed by atoms with Crippen LogP contribution in [0, 0.1) is 0 Å². The molecule has 9 nitrogen and oxygen atoms in total. The molecule has 0 saturated carbocycles. The first kappa shape index (κ1) is 21.3. The Morgan fingerprint density at radius 2 is 1.83 bits per heavy atom. The molecule has 3 N–H and O–H groups in total. The van der Waals surface area contributed by atoms with Gasteiger partial charge in [-0.1, -0.05) is 12.6 Å². The average Bonchev–Trinajstić information content (AvgIpc) is 2.76. The molecular formula is C21H27N7O2. The Morgan fingerprint density at radius 1 is 1.10 bits per heavy atom. The molecule has 0 bridgehead atoms.